The van der Waals surface area contributed by atoms with Crippen molar-refractivity contribution >= 4 is 12.2 Å². The summed E-state index contributed by atoms with van der Waals surface area (Å²) in [5.74, 6) is 0.421. The lowest BCUT2D eigenvalue weighted by Crippen LogP contribution is -2.28. The molecule has 1 N–H and O–H groups in total. The normalized spacial score (nSPS) is 9.56. The SMILES string of the molecule is CCNC(=O)COc1ccccc1CC=O. The molecule has 1 aromatic carbocycles. The number of carbonyl (C=O) groups is 2. The average molecular weight is 221 g/mol. The Morgan fingerprint density at radius 3 is 2.88 bits per heavy atom. The molecular weight excluding hydrogens is 206 g/mol. The minimum absolute atomic E-state index is 0.0241. The first-order valence-electron chi connectivity index (χ1n) is 5.19. The second-order valence-corrected chi connectivity index (χ2v) is 3.22. The number of nitrogens with one attached hydrogen (secondary N) is 1. The van der Waals surface area contributed by atoms with E-state index in [1.54, 1.807) is 12.1 Å². The number of hydrogen-bond donors (Lipinski definition) is 1. The smallest absolute Gasteiger partial charge is 0.257 e. The largest absolute Gasteiger partial charge is 0.483 e. The van der Waals surface area contributed by atoms with Crippen LogP contribution in [0.2, 0.25) is 0 Å². The Morgan fingerprint density at radius 2 is 2.19 bits per heavy atom. The van der Waals surface area contributed by atoms with Crippen LogP contribution >= 0.6 is 0 Å². The lowest BCUT2D eigenvalue weighted by atomic mass is 10.1. The van der Waals surface area contributed by atoms with Crippen molar-refractivity contribution in [3.63, 3.8) is 0 Å². The van der Waals surface area contributed by atoms with Crippen LogP contribution in [0.15, 0.2) is 24.3 Å². The van der Waals surface area contributed by atoms with Crippen molar-refractivity contribution in [3.8, 4) is 5.75 Å². The number of benzene rings is 1. The summed E-state index contributed by atoms with van der Waals surface area (Å²) < 4.78 is 5.33. The highest BCUT2D eigenvalue weighted by Gasteiger charge is 2.05. The average Bonchev–Trinajstić information content (AvgIpc) is 2.29. The van der Waals surface area contributed by atoms with Crippen molar-refractivity contribution in [3.05, 3.63) is 29.8 Å². The van der Waals surface area contributed by atoms with Crippen LogP contribution in [0.5, 0.6) is 5.75 Å². The Hall–Kier alpha value is -1.84. The first-order valence-corrected chi connectivity index (χ1v) is 5.19. The summed E-state index contributed by atoms with van der Waals surface area (Å²) in [5, 5.41) is 2.63. The van der Waals surface area contributed by atoms with E-state index in [2.05, 4.69) is 5.32 Å². The minimum Gasteiger partial charge on any atom is -0.483 e. The minimum atomic E-state index is -0.164. The van der Waals surface area contributed by atoms with E-state index >= 15 is 0 Å². The second kappa shape index (κ2) is 6.61. The predicted molar refractivity (Wildman–Crippen MR) is 60.4 cm³/mol. The molecule has 0 radical (unpaired) electrons. The Balaban J connectivity index is 2.58. The van der Waals surface area contributed by atoms with Gasteiger partial charge in [0.05, 0.1) is 0 Å². The fraction of sp³-hybridized carbons (Fsp3) is 0.333. The summed E-state index contributed by atoms with van der Waals surface area (Å²) in [6.45, 7) is 2.40. The summed E-state index contributed by atoms with van der Waals surface area (Å²) in [5.41, 5.74) is 0.793. The maximum Gasteiger partial charge on any atom is 0.257 e. The van der Waals surface area contributed by atoms with Crippen LogP contribution in [0.1, 0.15) is 12.5 Å². The summed E-state index contributed by atoms with van der Waals surface area (Å²) in [6.07, 6.45) is 1.11. The van der Waals surface area contributed by atoms with Gasteiger partial charge >= 0.3 is 0 Å². The van der Waals surface area contributed by atoms with E-state index in [0.29, 0.717) is 18.7 Å². The molecule has 0 spiro atoms. The van der Waals surface area contributed by atoms with E-state index in [4.69, 9.17) is 4.74 Å². The highest BCUT2D eigenvalue weighted by Crippen LogP contribution is 2.17. The van der Waals surface area contributed by atoms with E-state index in [9.17, 15) is 9.59 Å². The Morgan fingerprint density at radius 1 is 1.44 bits per heavy atom. The number of carbonyl (C=O) groups excluding carboxylic acids is 2. The van der Waals surface area contributed by atoms with Crippen molar-refractivity contribution in [1.82, 2.24) is 5.32 Å². The Labute approximate surface area is 94.6 Å². The molecule has 1 rings (SSSR count). The summed E-state index contributed by atoms with van der Waals surface area (Å²) in [4.78, 5) is 21.6. The molecule has 0 aliphatic carbocycles. The zero-order valence-corrected chi connectivity index (χ0v) is 9.23. The molecule has 0 saturated carbocycles. The summed E-state index contributed by atoms with van der Waals surface area (Å²) >= 11 is 0. The van der Waals surface area contributed by atoms with Gasteiger partial charge in [0, 0.05) is 18.5 Å². The van der Waals surface area contributed by atoms with E-state index in [-0.39, 0.29) is 12.5 Å². The zero-order chi connectivity index (χ0) is 11.8. The van der Waals surface area contributed by atoms with Crippen LogP contribution < -0.4 is 10.1 Å². The van der Waals surface area contributed by atoms with Crippen molar-refractivity contribution in [2.24, 2.45) is 0 Å². The topological polar surface area (TPSA) is 55.4 Å². The third kappa shape index (κ3) is 3.73. The molecule has 0 aliphatic rings. The number of ether oxygens (including phenoxy) is 1. The fourth-order valence-electron chi connectivity index (χ4n) is 1.29. The Bertz CT molecular complexity index is 363. The second-order valence-electron chi connectivity index (χ2n) is 3.22. The summed E-state index contributed by atoms with van der Waals surface area (Å²) in [7, 11) is 0. The van der Waals surface area contributed by atoms with Gasteiger partial charge in [-0.15, -0.1) is 0 Å². The van der Waals surface area contributed by atoms with Gasteiger partial charge in [0.25, 0.3) is 5.91 Å². The molecule has 0 atom stereocenters. The van der Waals surface area contributed by atoms with Gasteiger partial charge in [-0.3, -0.25) is 4.79 Å². The molecule has 0 saturated heterocycles. The van der Waals surface area contributed by atoms with Crippen LogP contribution in [-0.4, -0.2) is 25.3 Å². The molecular formula is C12H15NO3. The molecule has 16 heavy (non-hydrogen) atoms. The van der Waals surface area contributed by atoms with E-state index in [1.165, 1.54) is 0 Å². The molecule has 0 aromatic heterocycles. The molecule has 0 aliphatic heterocycles. The van der Waals surface area contributed by atoms with Gasteiger partial charge in [-0.1, -0.05) is 18.2 Å². The third-order valence-electron chi connectivity index (χ3n) is 2.01. The van der Waals surface area contributed by atoms with Crippen molar-refractivity contribution in [2.45, 2.75) is 13.3 Å². The molecule has 1 amide bonds. The number of hydrogen-bond acceptors (Lipinski definition) is 3. The number of aldehydes is 1. The van der Waals surface area contributed by atoms with Gasteiger partial charge in [-0.25, -0.2) is 0 Å². The van der Waals surface area contributed by atoms with E-state index in [0.717, 1.165) is 11.8 Å². The molecule has 4 heteroatoms. The maximum atomic E-state index is 11.2. The van der Waals surface area contributed by atoms with E-state index in [1.807, 2.05) is 19.1 Å². The quantitative estimate of drug-likeness (QED) is 0.727. The molecule has 0 unspecified atom stereocenters. The van der Waals surface area contributed by atoms with Gasteiger partial charge in [-0.2, -0.15) is 0 Å². The van der Waals surface area contributed by atoms with Crippen LogP contribution in [0, 0.1) is 0 Å². The maximum absolute atomic E-state index is 11.2. The standard InChI is InChI=1S/C12H15NO3/c1-2-13-12(15)9-16-11-6-4-3-5-10(11)7-8-14/h3-6,8H,2,7,9H2,1H3,(H,13,15). The van der Waals surface area contributed by atoms with Crippen molar-refractivity contribution in [2.75, 3.05) is 13.2 Å². The Kier molecular flexibility index (Phi) is 5.05. The highest BCUT2D eigenvalue weighted by molar-refractivity contribution is 5.77. The molecule has 86 valence electrons. The molecule has 1 aromatic rings. The van der Waals surface area contributed by atoms with Crippen molar-refractivity contribution < 1.29 is 14.3 Å². The number of amides is 1. The van der Waals surface area contributed by atoms with Crippen LogP contribution in [-0.2, 0) is 16.0 Å². The van der Waals surface area contributed by atoms with Crippen LogP contribution in [0.25, 0.3) is 0 Å². The molecule has 0 heterocycles. The van der Waals surface area contributed by atoms with Gasteiger partial charge < -0.3 is 14.8 Å². The summed E-state index contributed by atoms with van der Waals surface area (Å²) in [6, 6.07) is 7.19. The van der Waals surface area contributed by atoms with Crippen LogP contribution in [0.3, 0.4) is 0 Å². The van der Waals surface area contributed by atoms with Gasteiger partial charge in [-0.05, 0) is 13.0 Å². The molecule has 4 nitrogen and oxygen atoms in total. The third-order valence-corrected chi connectivity index (χ3v) is 2.01. The zero-order valence-electron chi connectivity index (χ0n) is 9.23. The van der Waals surface area contributed by atoms with Crippen LogP contribution in [0.4, 0.5) is 0 Å². The van der Waals surface area contributed by atoms with Gasteiger partial charge in [0.1, 0.15) is 12.0 Å². The monoisotopic (exact) mass is 221 g/mol. The predicted octanol–water partition coefficient (Wildman–Crippen LogP) is 0.943. The number of para-hydroxylation sites is 1. The van der Waals surface area contributed by atoms with Crippen molar-refractivity contribution in [1.29, 1.82) is 0 Å². The highest BCUT2D eigenvalue weighted by atomic mass is 16.5. The van der Waals surface area contributed by atoms with E-state index < -0.39 is 0 Å². The lowest BCUT2D eigenvalue weighted by molar-refractivity contribution is -0.123. The first-order chi connectivity index (χ1) is 7.77. The number of rotatable bonds is 6. The number of likely N-dealkylation sites (N-methyl/N-ethyl adjacent to an activating group) is 1. The molecule has 0 bridgehead atoms. The van der Waals surface area contributed by atoms with Gasteiger partial charge in [0.2, 0.25) is 0 Å². The fourth-order valence-corrected chi connectivity index (χ4v) is 1.29. The van der Waals surface area contributed by atoms with Gasteiger partial charge in [0.15, 0.2) is 6.61 Å². The molecule has 0 fully saturated rings. The lowest BCUT2D eigenvalue weighted by Gasteiger charge is -2.09. The first kappa shape index (κ1) is 12.2.